The van der Waals surface area contributed by atoms with Crippen LogP contribution in [0.5, 0.6) is 0 Å². The molecule has 0 aliphatic carbocycles. The second-order valence-electron chi connectivity index (χ2n) is 3.45. The number of ether oxygens (including phenoxy) is 1. The Kier molecular flexibility index (Phi) is 3.57. The Labute approximate surface area is 90.8 Å². The molecular formula is C6H13NO8S. The molecule has 9 nitrogen and oxygen atoms in total. The van der Waals surface area contributed by atoms with Crippen LogP contribution in [0.3, 0.4) is 0 Å². The summed E-state index contributed by atoms with van der Waals surface area (Å²) in [6, 6.07) is -1.97. The van der Waals surface area contributed by atoms with Gasteiger partial charge in [-0.3, -0.25) is 4.55 Å². The van der Waals surface area contributed by atoms with E-state index in [1.54, 1.807) is 0 Å². The van der Waals surface area contributed by atoms with E-state index in [4.69, 9.17) is 15.4 Å². The fourth-order valence-electron chi connectivity index (χ4n) is 1.47. The van der Waals surface area contributed by atoms with Crippen molar-refractivity contribution >= 4 is 10.1 Å². The van der Waals surface area contributed by atoms with E-state index in [-0.39, 0.29) is 0 Å². The van der Waals surface area contributed by atoms with Crippen molar-refractivity contribution in [3.05, 3.63) is 0 Å². The fourth-order valence-corrected chi connectivity index (χ4v) is 2.39. The van der Waals surface area contributed by atoms with Crippen LogP contribution in [-0.4, -0.2) is 69.5 Å². The first kappa shape index (κ1) is 13.7. The number of aliphatic hydroxyl groups is 4. The highest BCUT2D eigenvalue weighted by atomic mass is 32.2. The lowest BCUT2D eigenvalue weighted by molar-refractivity contribution is -0.261. The summed E-state index contributed by atoms with van der Waals surface area (Å²) in [7, 11) is -5.17. The van der Waals surface area contributed by atoms with Gasteiger partial charge in [0, 0.05) is 0 Å². The Morgan fingerprint density at radius 1 is 1.38 bits per heavy atom. The zero-order chi connectivity index (χ0) is 12.7. The molecule has 0 spiro atoms. The Hall–Kier alpha value is -0.330. The number of nitrogens with two attached hydrogens (primary N) is 1. The van der Waals surface area contributed by atoms with Crippen molar-refractivity contribution in [2.24, 2.45) is 5.73 Å². The molecular weight excluding hydrogens is 246 g/mol. The summed E-state index contributed by atoms with van der Waals surface area (Å²) in [6.07, 6.45) is -5.72. The van der Waals surface area contributed by atoms with Crippen molar-refractivity contribution in [2.45, 2.75) is 29.5 Å². The van der Waals surface area contributed by atoms with Gasteiger partial charge in [0.2, 0.25) is 4.93 Å². The van der Waals surface area contributed by atoms with Gasteiger partial charge >= 0.3 is 0 Å². The summed E-state index contributed by atoms with van der Waals surface area (Å²) in [6.45, 7) is -0.872. The smallest absolute Gasteiger partial charge is 0.299 e. The Morgan fingerprint density at radius 3 is 2.25 bits per heavy atom. The number of aliphatic hydroxyl groups excluding tert-OH is 3. The van der Waals surface area contributed by atoms with Crippen molar-refractivity contribution in [3.63, 3.8) is 0 Å². The predicted molar refractivity (Wildman–Crippen MR) is 48.4 cm³/mol. The molecule has 5 atom stereocenters. The van der Waals surface area contributed by atoms with Gasteiger partial charge < -0.3 is 30.9 Å². The fraction of sp³-hybridized carbons (Fsp3) is 1.00. The van der Waals surface area contributed by atoms with E-state index in [1.807, 2.05) is 0 Å². The molecule has 0 amide bonds. The molecule has 1 aliphatic heterocycles. The summed E-state index contributed by atoms with van der Waals surface area (Å²) >= 11 is 0. The lowest BCUT2D eigenvalue weighted by Crippen LogP contribution is -2.72. The average Bonchev–Trinajstić information content (AvgIpc) is 2.18. The van der Waals surface area contributed by atoms with Crippen LogP contribution in [0.25, 0.3) is 0 Å². The molecule has 96 valence electrons. The quantitative estimate of drug-likeness (QED) is 0.270. The maximum Gasteiger partial charge on any atom is 0.299 e. The summed E-state index contributed by atoms with van der Waals surface area (Å²) in [5.74, 6) is 0. The van der Waals surface area contributed by atoms with E-state index < -0.39 is 46.2 Å². The van der Waals surface area contributed by atoms with Crippen LogP contribution in [0.2, 0.25) is 0 Å². The Balaban J connectivity index is 3.22. The summed E-state index contributed by atoms with van der Waals surface area (Å²) in [5.41, 5.74) is 5.14. The molecule has 16 heavy (non-hydrogen) atoms. The molecule has 0 aromatic heterocycles. The van der Waals surface area contributed by atoms with Crippen LogP contribution in [-0.2, 0) is 14.9 Å². The van der Waals surface area contributed by atoms with Crippen LogP contribution < -0.4 is 5.73 Å². The van der Waals surface area contributed by atoms with Gasteiger partial charge in [-0.1, -0.05) is 0 Å². The van der Waals surface area contributed by atoms with Crippen LogP contribution >= 0.6 is 0 Å². The van der Waals surface area contributed by atoms with Gasteiger partial charge in [0.05, 0.1) is 6.61 Å². The van der Waals surface area contributed by atoms with Crippen molar-refractivity contribution in [3.8, 4) is 0 Å². The Bertz CT molecular complexity index is 358. The standard InChI is InChI=1S/C6H13NO8S/c7-3-5(10)15-2(1-8)4(9)6(3,11)16(12,13)14/h2-5,8-11H,1,7H2,(H,12,13,14)/t2-,3-,4-,5+,6+/m1/s1. The molecule has 0 aromatic rings. The van der Waals surface area contributed by atoms with Crippen molar-refractivity contribution in [2.75, 3.05) is 6.61 Å². The number of rotatable bonds is 2. The van der Waals surface area contributed by atoms with Crippen molar-refractivity contribution < 1.29 is 38.1 Å². The van der Waals surface area contributed by atoms with E-state index in [9.17, 15) is 23.7 Å². The van der Waals surface area contributed by atoms with Gasteiger partial charge in [0.25, 0.3) is 10.1 Å². The molecule has 0 aromatic carbocycles. The lowest BCUT2D eigenvalue weighted by atomic mass is 9.97. The maximum absolute atomic E-state index is 11.0. The first-order chi connectivity index (χ1) is 7.16. The van der Waals surface area contributed by atoms with Crippen LogP contribution in [0, 0.1) is 0 Å². The SMILES string of the molecule is N[C@@H]1[C@@H](O)O[C@H](CO)[C@@H](O)[C@@]1(O)S(=O)(=O)O. The summed E-state index contributed by atoms with van der Waals surface area (Å²) < 4.78 is 35.3. The zero-order valence-electron chi connectivity index (χ0n) is 7.96. The molecule has 1 aliphatic rings. The minimum atomic E-state index is -5.17. The Morgan fingerprint density at radius 2 is 1.88 bits per heavy atom. The van der Waals surface area contributed by atoms with Crippen molar-refractivity contribution in [1.82, 2.24) is 0 Å². The van der Waals surface area contributed by atoms with Gasteiger partial charge in [0.15, 0.2) is 6.29 Å². The molecule has 10 heteroatoms. The topological polar surface area (TPSA) is 171 Å². The average molecular weight is 259 g/mol. The maximum atomic E-state index is 11.0. The monoisotopic (exact) mass is 259 g/mol. The molecule has 0 radical (unpaired) electrons. The first-order valence-corrected chi connectivity index (χ1v) is 5.67. The highest BCUT2D eigenvalue weighted by Gasteiger charge is 2.61. The van der Waals surface area contributed by atoms with E-state index in [0.717, 1.165) is 0 Å². The molecule has 1 saturated heterocycles. The van der Waals surface area contributed by atoms with Gasteiger partial charge in [-0.2, -0.15) is 8.42 Å². The number of hydrogen-bond donors (Lipinski definition) is 6. The highest BCUT2D eigenvalue weighted by Crippen LogP contribution is 2.31. The molecule has 1 fully saturated rings. The van der Waals surface area contributed by atoms with Crippen molar-refractivity contribution in [1.29, 1.82) is 0 Å². The summed E-state index contributed by atoms with van der Waals surface area (Å²) in [5, 5.41) is 37.0. The molecule has 0 unspecified atom stereocenters. The van der Waals surface area contributed by atoms with Crippen LogP contribution in [0.4, 0.5) is 0 Å². The van der Waals surface area contributed by atoms with Gasteiger partial charge in [0.1, 0.15) is 18.2 Å². The van der Waals surface area contributed by atoms with Gasteiger partial charge in [-0.15, -0.1) is 0 Å². The first-order valence-electron chi connectivity index (χ1n) is 4.23. The highest BCUT2D eigenvalue weighted by molar-refractivity contribution is 7.87. The van der Waals surface area contributed by atoms with E-state index >= 15 is 0 Å². The second kappa shape index (κ2) is 4.16. The van der Waals surface area contributed by atoms with Crippen LogP contribution in [0.1, 0.15) is 0 Å². The van der Waals surface area contributed by atoms with E-state index in [0.29, 0.717) is 0 Å². The number of hydrogen-bond acceptors (Lipinski definition) is 8. The lowest BCUT2D eigenvalue weighted by Gasteiger charge is -2.44. The molecule has 0 bridgehead atoms. The predicted octanol–water partition coefficient (Wildman–Crippen LogP) is -4.04. The third-order valence-corrected chi connectivity index (χ3v) is 3.81. The third-order valence-electron chi connectivity index (χ3n) is 2.47. The normalized spacial score (nSPS) is 45.6. The molecule has 1 heterocycles. The minimum absolute atomic E-state index is 0.872. The third kappa shape index (κ3) is 1.83. The van der Waals surface area contributed by atoms with Gasteiger partial charge in [-0.25, -0.2) is 0 Å². The second-order valence-corrected chi connectivity index (χ2v) is 5.05. The van der Waals surface area contributed by atoms with Crippen LogP contribution in [0.15, 0.2) is 0 Å². The molecule has 7 N–H and O–H groups in total. The van der Waals surface area contributed by atoms with E-state index in [2.05, 4.69) is 4.74 Å². The molecule has 1 rings (SSSR count). The minimum Gasteiger partial charge on any atom is -0.394 e. The summed E-state index contributed by atoms with van der Waals surface area (Å²) in [4.78, 5) is -3.20. The molecule has 0 saturated carbocycles. The largest absolute Gasteiger partial charge is 0.394 e. The zero-order valence-corrected chi connectivity index (χ0v) is 8.78. The van der Waals surface area contributed by atoms with E-state index in [1.165, 1.54) is 0 Å². The van der Waals surface area contributed by atoms with Gasteiger partial charge in [-0.05, 0) is 0 Å².